The molecule has 3 aromatic carbocycles. The molecule has 4 bridgehead atoms. The molecular weight excluding hydrogens is 464 g/mol. The first-order valence-electron chi connectivity index (χ1n) is 13.3. The van der Waals surface area contributed by atoms with Crippen molar-refractivity contribution in [3.8, 4) is 5.75 Å². The van der Waals surface area contributed by atoms with Crippen molar-refractivity contribution in [2.24, 2.45) is 23.2 Å². The fraction of sp³-hybridized carbons (Fsp3) is 0.406. The van der Waals surface area contributed by atoms with Gasteiger partial charge in [0.2, 0.25) is 6.79 Å². The number of hydrogen-bond acceptors (Lipinski definition) is 3. The highest BCUT2D eigenvalue weighted by molar-refractivity contribution is 7.97. The highest BCUT2D eigenvalue weighted by Gasteiger charge is 2.55. The summed E-state index contributed by atoms with van der Waals surface area (Å²) in [6.45, 7) is 4.17. The van der Waals surface area contributed by atoms with E-state index in [0.717, 1.165) is 53.9 Å². The largest absolute Gasteiger partial charge is 0.457 e. The van der Waals surface area contributed by atoms with E-state index in [2.05, 4.69) is 86.6 Å². The van der Waals surface area contributed by atoms with Crippen molar-refractivity contribution in [3.63, 3.8) is 0 Å². The molecule has 0 atom stereocenters. The van der Waals surface area contributed by atoms with Crippen LogP contribution >= 0.6 is 0 Å². The molecule has 0 saturated heterocycles. The van der Waals surface area contributed by atoms with Crippen molar-refractivity contribution in [2.75, 3.05) is 6.79 Å². The third-order valence-corrected chi connectivity index (χ3v) is 10.7. The van der Waals surface area contributed by atoms with Gasteiger partial charge < -0.3 is 9.47 Å². The topological polar surface area (TPSA) is 35.5 Å². The fourth-order valence-electron chi connectivity index (χ4n) is 7.43. The van der Waals surface area contributed by atoms with Crippen LogP contribution in [-0.4, -0.2) is 12.8 Å². The Hall–Kier alpha value is -2.72. The Kier molecular flexibility index (Phi) is 6.33. The second kappa shape index (κ2) is 9.63. The summed E-state index contributed by atoms with van der Waals surface area (Å²) in [6.07, 6.45) is 7.02. The molecule has 4 aliphatic carbocycles. The van der Waals surface area contributed by atoms with Crippen LogP contribution in [0.4, 0.5) is 0 Å². The van der Waals surface area contributed by atoms with Crippen molar-refractivity contribution in [1.82, 2.24) is 0 Å². The SMILES string of the molecule is Cc1cc([S+](c2ccccc2)c2ccccc2)cc(C)c1OCOC(=O)C12CC3CC(CC(C3)C1)C2. The molecule has 4 saturated carbocycles. The minimum atomic E-state index is -0.244. The van der Waals surface area contributed by atoms with Gasteiger partial charge in [-0.05, 0) is 106 Å². The summed E-state index contributed by atoms with van der Waals surface area (Å²) in [7, 11) is -0.204. The second-order valence-corrected chi connectivity index (χ2v) is 13.2. The van der Waals surface area contributed by atoms with Crippen molar-refractivity contribution in [3.05, 3.63) is 83.9 Å². The molecule has 186 valence electrons. The lowest BCUT2D eigenvalue weighted by atomic mass is 9.49. The van der Waals surface area contributed by atoms with E-state index in [0.29, 0.717) is 0 Å². The molecule has 0 N–H and O–H groups in total. The Labute approximate surface area is 217 Å². The molecule has 0 aromatic heterocycles. The third kappa shape index (κ3) is 4.45. The van der Waals surface area contributed by atoms with Gasteiger partial charge in [0.25, 0.3) is 0 Å². The van der Waals surface area contributed by atoms with E-state index in [-0.39, 0.29) is 29.1 Å². The number of carbonyl (C=O) groups is 1. The molecule has 3 aromatic rings. The first-order valence-corrected chi connectivity index (χ1v) is 14.5. The summed E-state index contributed by atoms with van der Waals surface area (Å²) in [5, 5.41) is 0. The molecule has 4 fully saturated rings. The Morgan fingerprint density at radius 3 is 1.72 bits per heavy atom. The van der Waals surface area contributed by atoms with E-state index in [1.165, 1.54) is 33.9 Å². The normalized spacial score (nSPS) is 26.2. The molecule has 4 heteroatoms. The fourth-order valence-corrected chi connectivity index (χ4v) is 9.70. The van der Waals surface area contributed by atoms with Crippen LogP contribution in [0.1, 0.15) is 49.7 Å². The Morgan fingerprint density at radius 1 is 0.778 bits per heavy atom. The molecule has 7 rings (SSSR count). The number of esters is 1. The van der Waals surface area contributed by atoms with Gasteiger partial charge in [0.1, 0.15) is 5.75 Å². The lowest BCUT2D eigenvalue weighted by molar-refractivity contribution is -0.178. The number of carbonyl (C=O) groups excluding carboxylic acids is 1. The summed E-state index contributed by atoms with van der Waals surface area (Å²) in [5.74, 6) is 2.98. The number of benzene rings is 3. The van der Waals surface area contributed by atoms with Crippen LogP contribution in [0.3, 0.4) is 0 Å². The average Bonchev–Trinajstić information content (AvgIpc) is 2.86. The highest BCUT2D eigenvalue weighted by Crippen LogP contribution is 2.60. The monoisotopic (exact) mass is 499 g/mol. The molecule has 0 amide bonds. The van der Waals surface area contributed by atoms with E-state index in [1.807, 2.05) is 0 Å². The zero-order chi connectivity index (χ0) is 24.7. The number of aryl methyl sites for hydroxylation is 2. The number of hydrogen-bond donors (Lipinski definition) is 0. The minimum absolute atomic E-state index is 0.00923. The van der Waals surface area contributed by atoms with Gasteiger partial charge in [-0.1, -0.05) is 36.4 Å². The molecule has 0 heterocycles. The van der Waals surface area contributed by atoms with Gasteiger partial charge in [-0.3, -0.25) is 4.79 Å². The van der Waals surface area contributed by atoms with E-state index in [1.54, 1.807) is 0 Å². The van der Waals surface area contributed by atoms with Gasteiger partial charge in [0, 0.05) is 12.1 Å². The predicted molar refractivity (Wildman–Crippen MR) is 143 cm³/mol. The third-order valence-electron chi connectivity index (χ3n) is 8.49. The van der Waals surface area contributed by atoms with Crippen LogP contribution in [0.5, 0.6) is 5.75 Å². The molecule has 0 unspecified atom stereocenters. The van der Waals surface area contributed by atoms with Gasteiger partial charge in [0.05, 0.1) is 16.3 Å². The Morgan fingerprint density at radius 2 is 1.25 bits per heavy atom. The molecule has 0 spiro atoms. The van der Waals surface area contributed by atoms with Crippen molar-refractivity contribution >= 4 is 16.9 Å². The zero-order valence-electron chi connectivity index (χ0n) is 21.2. The van der Waals surface area contributed by atoms with Crippen molar-refractivity contribution in [2.45, 2.75) is 67.1 Å². The standard InChI is InChI=1S/C32H35O3S/c1-22-13-29(36(27-9-5-3-6-10-27)28-11-7-4-8-12-28)14-23(2)30(22)34-21-35-31(33)32-18-24-15-25(19-32)17-26(16-24)20-32/h3-14,24-26H,15-21H2,1-2H3/q+1. The van der Waals surface area contributed by atoms with Gasteiger partial charge in [-0.2, -0.15) is 0 Å². The molecule has 0 aliphatic heterocycles. The average molecular weight is 500 g/mol. The Bertz CT molecular complexity index is 1140. The molecule has 3 nitrogen and oxygen atoms in total. The molecule has 36 heavy (non-hydrogen) atoms. The van der Waals surface area contributed by atoms with E-state index in [9.17, 15) is 4.79 Å². The summed E-state index contributed by atoms with van der Waals surface area (Å²) in [6, 6.07) is 25.8. The maximum absolute atomic E-state index is 13.2. The maximum Gasteiger partial charge on any atom is 0.314 e. The first kappa shape index (κ1) is 23.7. The van der Waals surface area contributed by atoms with E-state index >= 15 is 0 Å². The molecular formula is C32H35O3S+. The van der Waals surface area contributed by atoms with Crippen molar-refractivity contribution in [1.29, 1.82) is 0 Å². The quantitative estimate of drug-likeness (QED) is 0.192. The summed E-state index contributed by atoms with van der Waals surface area (Å²) in [5.41, 5.74) is 1.90. The highest BCUT2D eigenvalue weighted by atomic mass is 32.2. The maximum atomic E-state index is 13.2. The predicted octanol–water partition coefficient (Wildman–Crippen LogP) is 7.49. The summed E-state index contributed by atoms with van der Waals surface area (Å²) in [4.78, 5) is 17.1. The lowest BCUT2D eigenvalue weighted by Gasteiger charge is -2.55. The number of ether oxygens (including phenoxy) is 2. The first-order chi connectivity index (χ1) is 17.5. The van der Waals surface area contributed by atoms with Crippen LogP contribution < -0.4 is 4.74 Å². The van der Waals surface area contributed by atoms with Crippen LogP contribution in [0.2, 0.25) is 0 Å². The van der Waals surface area contributed by atoms with E-state index < -0.39 is 0 Å². The van der Waals surface area contributed by atoms with Crippen LogP contribution in [0, 0.1) is 37.0 Å². The smallest absolute Gasteiger partial charge is 0.314 e. The molecule has 0 radical (unpaired) electrons. The zero-order valence-corrected chi connectivity index (χ0v) is 22.1. The number of rotatable bonds is 7. The lowest BCUT2D eigenvalue weighted by Crippen LogP contribution is -2.50. The van der Waals surface area contributed by atoms with Crippen molar-refractivity contribution < 1.29 is 14.3 Å². The minimum Gasteiger partial charge on any atom is -0.457 e. The van der Waals surface area contributed by atoms with E-state index in [4.69, 9.17) is 9.47 Å². The van der Waals surface area contributed by atoms with Gasteiger partial charge in [0.15, 0.2) is 14.7 Å². The summed E-state index contributed by atoms with van der Waals surface area (Å²) < 4.78 is 11.9. The van der Waals surface area contributed by atoms with Crippen LogP contribution in [-0.2, 0) is 20.4 Å². The van der Waals surface area contributed by atoms with Crippen LogP contribution in [0.25, 0.3) is 0 Å². The van der Waals surface area contributed by atoms with Crippen LogP contribution in [0.15, 0.2) is 87.5 Å². The van der Waals surface area contributed by atoms with Gasteiger partial charge >= 0.3 is 5.97 Å². The van der Waals surface area contributed by atoms with Gasteiger partial charge in [-0.25, -0.2) is 0 Å². The summed E-state index contributed by atoms with van der Waals surface area (Å²) >= 11 is 0. The molecule has 4 aliphatic rings. The Balaban J connectivity index is 1.18. The second-order valence-electron chi connectivity index (χ2n) is 11.2. The van der Waals surface area contributed by atoms with Gasteiger partial charge in [-0.15, -0.1) is 0 Å².